The number of nitriles is 1. The lowest BCUT2D eigenvalue weighted by atomic mass is 10.5. The predicted molar refractivity (Wildman–Crippen MR) is 62.5 cm³/mol. The molecule has 1 aromatic rings. The van der Waals surface area contributed by atoms with Gasteiger partial charge in [0.05, 0.1) is 20.0 Å². The van der Waals surface area contributed by atoms with Gasteiger partial charge in [0.15, 0.2) is 0 Å². The van der Waals surface area contributed by atoms with Crippen molar-refractivity contribution >= 4 is 5.96 Å². The first-order valence-corrected chi connectivity index (χ1v) is 5.32. The first-order valence-electron chi connectivity index (χ1n) is 5.32. The maximum Gasteiger partial charge on any atom is 0.213 e. The van der Waals surface area contributed by atoms with E-state index in [1.165, 1.54) is 0 Å². The van der Waals surface area contributed by atoms with Crippen LogP contribution >= 0.6 is 0 Å². The van der Waals surface area contributed by atoms with Crippen molar-refractivity contribution < 1.29 is 0 Å². The number of aryl methyl sites for hydroxylation is 1. The molecular weight excluding hydrogens is 218 g/mol. The Labute approximate surface area is 100.0 Å². The van der Waals surface area contributed by atoms with Crippen LogP contribution in [-0.2, 0) is 6.67 Å². The van der Waals surface area contributed by atoms with Crippen molar-refractivity contribution in [3.63, 3.8) is 0 Å². The molecule has 0 amide bonds. The molecule has 0 saturated carbocycles. The van der Waals surface area contributed by atoms with Gasteiger partial charge < -0.3 is 14.8 Å². The van der Waals surface area contributed by atoms with Gasteiger partial charge in [-0.2, -0.15) is 5.26 Å². The Morgan fingerprint density at radius 2 is 2.47 bits per heavy atom. The highest BCUT2D eigenvalue weighted by atomic mass is 15.5. The summed E-state index contributed by atoms with van der Waals surface area (Å²) in [5.74, 6) is 1.55. The molecule has 7 heteroatoms. The molecule has 1 fully saturated rings. The molecule has 1 aliphatic heterocycles. The Bertz CT molecular complexity index is 455. The van der Waals surface area contributed by atoms with Crippen molar-refractivity contribution in [2.24, 2.45) is 4.99 Å². The van der Waals surface area contributed by atoms with Gasteiger partial charge in [-0.05, 0) is 14.0 Å². The van der Waals surface area contributed by atoms with Crippen molar-refractivity contribution in [1.29, 1.82) is 5.26 Å². The van der Waals surface area contributed by atoms with E-state index >= 15 is 0 Å². The number of hydrogen-bond acceptors (Lipinski definition) is 4. The van der Waals surface area contributed by atoms with Crippen LogP contribution in [0.3, 0.4) is 0 Å². The summed E-state index contributed by atoms with van der Waals surface area (Å²) in [4.78, 5) is 12.0. The van der Waals surface area contributed by atoms with Crippen molar-refractivity contribution in [3.8, 4) is 6.19 Å². The summed E-state index contributed by atoms with van der Waals surface area (Å²) < 4.78 is 2.01. The minimum Gasteiger partial charge on any atom is -0.342 e. The summed E-state index contributed by atoms with van der Waals surface area (Å²) in [6.07, 6.45) is 5.49. The second-order valence-electron chi connectivity index (χ2n) is 3.99. The van der Waals surface area contributed by atoms with Crippen LogP contribution in [0.5, 0.6) is 0 Å². The fourth-order valence-corrected chi connectivity index (χ4v) is 1.73. The van der Waals surface area contributed by atoms with Gasteiger partial charge in [0, 0.05) is 12.4 Å². The van der Waals surface area contributed by atoms with Crippen LogP contribution in [0, 0.1) is 18.4 Å². The van der Waals surface area contributed by atoms with Crippen molar-refractivity contribution in [2.45, 2.75) is 13.6 Å². The van der Waals surface area contributed by atoms with E-state index in [4.69, 9.17) is 5.26 Å². The number of hydrogen-bond donors (Lipinski definition) is 1. The number of nitrogens with one attached hydrogen (secondary N) is 1. The van der Waals surface area contributed by atoms with Crippen molar-refractivity contribution in [1.82, 2.24) is 24.7 Å². The van der Waals surface area contributed by atoms with Crippen LogP contribution in [0.4, 0.5) is 0 Å². The molecular formula is C10H15N7. The molecule has 7 nitrogen and oxygen atoms in total. The lowest BCUT2D eigenvalue weighted by Gasteiger charge is -2.36. The van der Waals surface area contributed by atoms with E-state index < -0.39 is 0 Å². The van der Waals surface area contributed by atoms with E-state index in [-0.39, 0.29) is 0 Å². The third-order valence-corrected chi connectivity index (χ3v) is 2.62. The standard InChI is InChI=1S/C10H15N7/c1-9-12-3-4-16(9)8-17-7-15(2)6-14-10(17)13-5-11/h3-4H,6-8H2,1-2H3,(H,13,14). The number of imidazole rings is 1. The molecule has 0 atom stereocenters. The lowest BCUT2D eigenvalue weighted by molar-refractivity contribution is 0.155. The molecule has 0 aromatic carbocycles. The second kappa shape index (κ2) is 4.84. The average Bonchev–Trinajstić information content (AvgIpc) is 2.69. The smallest absolute Gasteiger partial charge is 0.213 e. The summed E-state index contributed by atoms with van der Waals surface area (Å²) in [6, 6.07) is 0. The van der Waals surface area contributed by atoms with Crippen molar-refractivity contribution in [3.05, 3.63) is 18.2 Å². The molecule has 2 heterocycles. The lowest BCUT2D eigenvalue weighted by Crippen LogP contribution is -2.55. The molecule has 0 aliphatic carbocycles. The summed E-state index contributed by atoms with van der Waals surface area (Å²) in [5.41, 5.74) is 0. The molecule has 0 radical (unpaired) electrons. The fourth-order valence-electron chi connectivity index (χ4n) is 1.73. The zero-order valence-corrected chi connectivity index (χ0v) is 9.96. The third-order valence-electron chi connectivity index (χ3n) is 2.62. The zero-order valence-electron chi connectivity index (χ0n) is 9.96. The number of nitrogens with zero attached hydrogens (tertiary/aromatic N) is 6. The zero-order chi connectivity index (χ0) is 12.3. The molecule has 0 spiro atoms. The van der Waals surface area contributed by atoms with Crippen molar-refractivity contribution in [2.75, 3.05) is 20.4 Å². The van der Waals surface area contributed by atoms with Gasteiger partial charge in [-0.1, -0.05) is 0 Å². The Morgan fingerprint density at radius 3 is 3.12 bits per heavy atom. The van der Waals surface area contributed by atoms with E-state index in [1.807, 2.05) is 35.8 Å². The van der Waals surface area contributed by atoms with Crippen LogP contribution in [0.25, 0.3) is 0 Å². The molecule has 1 aromatic heterocycles. The topological polar surface area (TPSA) is 72.5 Å². The number of guanidine groups is 1. The van der Waals surface area contributed by atoms with Gasteiger partial charge in [0.2, 0.25) is 12.2 Å². The monoisotopic (exact) mass is 233 g/mol. The quantitative estimate of drug-likeness (QED) is 0.712. The van der Waals surface area contributed by atoms with Crippen LogP contribution in [0.1, 0.15) is 5.82 Å². The molecule has 2 rings (SSSR count). The van der Waals surface area contributed by atoms with E-state index in [2.05, 4.69) is 20.2 Å². The van der Waals surface area contributed by atoms with Gasteiger partial charge in [-0.3, -0.25) is 4.90 Å². The number of rotatable bonds is 2. The predicted octanol–water partition coefficient (Wildman–Crippen LogP) is -0.262. The summed E-state index contributed by atoms with van der Waals surface area (Å²) in [5, 5.41) is 11.7. The highest BCUT2D eigenvalue weighted by Gasteiger charge is 2.19. The van der Waals surface area contributed by atoms with Gasteiger partial charge in [-0.25, -0.2) is 4.98 Å². The van der Waals surface area contributed by atoms with Crippen LogP contribution in [0.15, 0.2) is 17.4 Å². The first kappa shape index (κ1) is 11.4. The summed E-state index contributed by atoms with van der Waals surface area (Å²) >= 11 is 0. The second-order valence-corrected chi connectivity index (χ2v) is 3.99. The van der Waals surface area contributed by atoms with Gasteiger partial charge in [-0.15, -0.1) is 4.99 Å². The maximum absolute atomic E-state index is 8.65. The minimum atomic E-state index is 0.610. The Morgan fingerprint density at radius 1 is 1.65 bits per heavy atom. The van der Waals surface area contributed by atoms with E-state index in [9.17, 15) is 0 Å². The Hall–Kier alpha value is -2.07. The van der Waals surface area contributed by atoms with Gasteiger partial charge in [0.1, 0.15) is 5.82 Å². The first-order chi connectivity index (χ1) is 8.20. The largest absolute Gasteiger partial charge is 0.342 e. The molecule has 1 N–H and O–H groups in total. The van der Waals surface area contributed by atoms with Crippen LogP contribution in [0.2, 0.25) is 0 Å². The highest BCUT2D eigenvalue weighted by molar-refractivity contribution is 5.81. The van der Waals surface area contributed by atoms with Gasteiger partial charge in [0.25, 0.3) is 0 Å². The van der Waals surface area contributed by atoms with Crippen LogP contribution in [-0.4, -0.2) is 45.7 Å². The average molecular weight is 233 g/mol. The van der Waals surface area contributed by atoms with Gasteiger partial charge >= 0.3 is 0 Å². The molecule has 1 aliphatic rings. The maximum atomic E-state index is 8.65. The molecule has 90 valence electrons. The molecule has 0 unspecified atom stereocenters. The fraction of sp³-hybridized carbons (Fsp3) is 0.500. The van der Waals surface area contributed by atoms with E-state index in [0.717, 1.165) is 12.5 Å². The normalized spacial score (nSPS) is 19.1. The van der Waals surface area contributed by atoms with Crippen LogP contribution < -0.4 is 5.32 Å². The third kappa shape index (κ3) is 2.54. The molecule has 0 bridgehead atoms. The Balaban J connectivity index is 2.14. The number of aliphatic imine (C=N–C) groups is 1. The SMILES string of the molecule is Cc1nccn1CN1CN(C)CNC1=NC#N. The van der Waals surface area contributed by atoms with E-state index in [1.54, 1.807) is 6.20 Å². The summed E-state index contributed by atoms with van der Waals surface area (Å²) in [7, 11) is 2.00. The van der Waals surface area contributed by atoms with E-state index in [0.29, 0.717) is 19.3 Å². The molecule has 1 saturated heterocycles. The number of aromatic nitrogens is 2. The Kier molecular flexibility index (Phi) is 3.25. The minimum absolute atomic E-state index is 0.610. The highest BCUT2D eigenvalue weighted by Crippen LogP contribution is 2.04. The molecule has 17 heavy (non-hydrogen) atoms. The summed E-state index contributed by atoms with van der Waals surface area (Å²) in [6.45, 7) is 4.00.